The lowest BCUT2D eigenvalue weighted by atomic mass is 10.0. The van der Waals surface area contributed by atoms with Gasteiger partial charge in [0.25, 0.3) is 5.92 Å². The minimum atomic E-state index is -5.45. The average molecular weight is 243 g/mol. The van der Waals surface area contributed by atoms with Crippen LogP contribution in [0.1, 0.15) is 6.42 Å². The van der Waals surface area contributed by atoms with E-state index in [0.29, 0.717) is 0 Å². The molecule has 0 amide bonds. The van der Waals surface area contributed by atoms with Crippen molar-refractivity contribution < 1.29 is 35.1 Å². The van der Waals surface area contributed by atoms with Crippen molar-refractivity contribution in [2.75, 3.05) is 0 Å². The molecule has 0 aliphatic carbocycles. The van der Waals surface area contributed by atoms with E-state index >= 15 is 0 Å². The van der Waals surface area contributed by atoms with E-state index in [1.54, 1.807) is 0 Å². The summed E-state index contributed by atoms with van der Waals surface area (Å²) < 4.78 is 96.8. The maximum Gasteiger partial charge on any atom is 0.340 e. The molecular weight excluding hydrogens is 236 g/mol. The van der Waals surface area contributed by atoms with Gasteiger partial charge in [0, 0.05) is 6.42 Å². The molecule has 8 heteroatoms. The zero-order chi connectivity index (χ0) is 12.4. The Bertz CT molecular complexity index is 201. The van der Waals surface area contributed by atoms with Gasteiger partial charge in [-0.25, -0.2) is 26.3 Å². The van der Waals surface area contributed by atoms with Gasteiger partial charge in [-0.2, -0.15) is 8.78 Å². The first-order valence-corrected chi connectivity index (χ1v) is 3.68. The van der Waals surface area contributed by atoms with E-state index in [1.165, 1.54) is 0 Å². The van der Waals surface area contributed by atoms with Crippen molar-refractivity contribution in [2.45, 2.75) is 37.0 Å². The van der Waals surface area contributed by atoms with Crippen molar-refractivity contribution in [3.8, 4) is 0 Å². The summed E-state index contributed by atoms with van der Waals surface area (Å²) in [7, 11) is 0. The number of alkyl halides is 8. The summed E-state index contributed by atoms with van der Waals surface area (Å²) in [5, 5.41) is 0. The zero-order valence-electron chi connectivity index (χ0n) is 7.17. The van der Waals surface area contributed by atoms with Crippen LogP contribution in [-0.2, 0) is 0 Å². The van der Waals surface area contributed by atoms with E-state index in [9.17, 15) is 35.1 Å². The summed E-state index contributed by atoms with van der Waals surface area (Å²) in [5.41, 5.74) is 0. The Kier molecular flexibility index (Phi) is 4.36. The van der Waals surface area contributed by atoms with Gasteiger partial charge in [-0.15, -0.1) is 0 Å². The molecule has 0 aromatic rings. The molecule has 0 aromatic heterocycles. The third kappa shape index (κ3) is 2.94. The van der Waals surface area contributed by atoms with Crippen LogP contribution < -0.4 is 0 Å². The molecule has 0 rings (SSSR count). The van der Waals surface area contributed by atoms with E-state index in [1.807, 2.05) is 0 Å². The zero-order valence-corrected chi connectivity index (χ0v) is 7.17. The van der Waals surface area contributed by atoms with Crippen LogP contribution in [0.4, 0.5) is 35.1 Å². The van der Waals surface area contributed by atoms with E-state index in [4.69, 9.17) is 0 Å². The third-order valence-electron chi connectivity index (χ3n) is 1.65. The molecule has 0 fully saturated rings. The first-order valence-electron chi connectivity index (χ1n) is 3.68. The number of hydrogen-bond acceptors (Lipinski definition) is 0. The van der Waals surface area contributed by atoms with Crippen molar-refractivity contribution in [3.05, 3.63) is 6.92 Å². The first kappa shape index (κ1) is 14.4. The van der Waals surface area contributed by atoms with Gasteiger partial charge in [-0.05, 0) is 6.92 Å². The van der Waals surface area contributed by atoms with Gasteiger partial charge in [-0.3, -0.25) is 0 Å². The summed E-state index contributed by atoms with van der Waals surface area (Å²) >= 11 is 0. The highest BCUT2D eigenvalue weighted by Crippen LogP contribution is 2.38. The quantitative estimate of drug-likeness (QED) is 0.649. The molecule has 2 atom stereocenters. The van der Waals surface area contributed by atoms with E-state index in [-0.39, 0.29) is 0 Å². The van der Waals surface area contributed by atoms with Gasteiger partial charge in [0.05, 0.1) is 0 Å². The van der Waals surface area contributed by atoms with Crippen LogP contribution in [-0.4, -0.2) is 30.6 Å². The first-order chi connectivity index (χ1) is 6.57. The Labute approximate surface area is 80.3 Å². The number of rotatable bonds is 5. The van der Waals surface area contributed by atoms with Crippen LogP contribution in [0.5, 0.6) is 0 Å². The van der Waals surface area contributed by atoms with Gasteiger partial charge < -0.3 is 0 Å². The molecule has 0 nitrogen and oxygen atoms in total. The summed E-state index contributed by atoms with van der Waals surface area (Å²) in [5.74, 6) is -9.95. The minimum Gasteiger partial charge on any atom is -0.237 e. The maximum atomic E-state index is 12.5. The van der Waals surface area contributed by atoms with Crippen LogP contribution in [0.25, 0.3) is 0 Å². The molecule has 1 unspecified atom stereocenters. The molecule has 0 aromatic carbocycles. The predicted molar refractivity (Wildman–Crippen MR) is 35.7 cm³/mol. The van der Waals surface area contributed by atoms with Crippen molar-refractivity contribution in [3.63, 3.8) is 0 Å². The van der Waals surface area contributed by atoms with Gasteiger partial charge in [0.2, 0.25) is 12.3 Å². The summed E-state index contributed by atoms with van der Waals surface area (Å²) in [4.78, 5) is 0. The minimum absolute atomic E-state index is 1.51. The Hall–Kier alpha value is -0.560. The van der Waals surface area contributed by atoms with Gasteiger partial charge in [-0.1, -0.05) is 0 Å². The van der Waals surface area contributed by atoms with Crippen LogP contribution in [0.3, 0.4) is 0 Å². The lowest BCUT2D eigenvalue weighted by molar-refractivity contribution is -0.213. The molecule has 0 saturated carbocycles. The van der Waals surface area contributed by atoms with Crippen LogP contribution in [0.15, 0.2) is 0 Å². The largest absolute Gasteiger partial charge is 0.340 e. The molecule has 0 aliphatic heterocycles. The van der Waals surface area contributed by atoms with E-state index < -0.39 is 37.0 Å². The molecule has 0 bridgehead atoms. The third-order valence-corrected chi connectivity index (χ3v) is 1.65. The van der Waals surface area contributed by atoms with Crippen molar-refractivity contribution in [1.82, 2.24) is 0 Å². The lowest BCUT2D eigenvalue weighted by Gasteiger charge is -2.26. The Morgan fingerprint density at radius 3 is 1.53 bits per heavy atom. The van der Waals surface area contributed by atoms with Crippen LogP contribution >= 0.6 is 0 Å². The van der Waals surface area contributed by atoms with Gasteiger partial charge in [0.15, 0.2) is 0 Å². The highest BCUT2D eigenvalue weighted by Gasteiger charge is 2.59. The van der Waals surface area contributed by atoms with Gasteiger partial charge >= 0.3 is 12.3 Å². The smallest absolute Gasteiger partial charge is 0.237 e. The Balaban J connectivity index is 4.79. The second-order valence-electron chi connectivity index (χ2n) is 2.79. The second-order valence-corrected chi connectivity index (χ2v) is 2.79. The highest BCUT2D eigenvalue weighted by atomic mass is 19.3. The normalized spacial score (nSPS) is 18.0. The fourth-order valence-corrected chi connectivity index (χ4v) is 0.667. The molecule has 0 heterocycles. The SMILES string of the molecule is [CH2]CC(F)(F)C(F)[C@H](F)C(F)(F)C(F)F. The molecule has 1 radical (unpaired) electrons. The van der Waals surface area contributed by atoms with Crippen LogP contribution in [0.2, 0.25) is 0 Å². The Morgan fingerprint density at radius 2 is 1.27 bits per heavy atom. The Morgan fingerprint density at radius 1 is 0.867 bits per heavy atom. The molecule has 0 aliphatic rings. The van der Waals surface area contributed by atoms with Gasteiger partial charge in [0.1, 0.15) is 0 Å². The fraction of sp³-hybridized carbons (Fsp3) is 0.857. The average Bonchev–Trinajstić information content (AvgIpc) is 2.15. The maximum absolute atomic E-state index is 12.5. The summed E-state index contributed by atoms with van der Waals surface area (Å²) in [6.07, 6.45) is -14.3. The summed E-state index contributed by atoms with van der Waals surface area (Å²) in [6, 6.07) is 0. The second kappa shape index (κ2) is 4.52. The van der Waals surface area contributed by atoms with E-state index in [2.05, 4.69) is 6.92 Å². The molecule has 0 N–H and O–H groups in total. The number of hydrogen-bond donors (Lipinski definition) is 0. The van der Waals surface area contributed by atoms with Crippen LogP contribution in [0, 0.1) is 6.92 Å². The standard InChI is InChI=1S/C7H7F8/c1-2-6(12,13)3(8)4(9)7(14,15)5(10)11/h3-5H,1-2H2/t3?,4-/m0/s1. The molecule has 0 saturated heterocycles. The predicted octanol–water partition coefficient (Wildman–Crippen LogP) is 3.42. The molecular formula is C7H7F8. The fourth-order valence-electron chi connectivity index (χ4n) is 0.667. The lowest BCUT2D eigenvalue weighted by Crippen LogP contribution is -2.49. The van der Waals surface area contributed by atoms with E-state index in [0.717, 1.165) is 0 Å². The molecule has 91 valence electrons. The van der Waals surface area contributed by atoms with Crippen molar-refractivity contribution >= 4 is 0 Å². The summed E-state index contributed by atoms with van der Waals surface area (Å²) in [6.45, 7) is 2.50. The monoisotopic (exact) mass is 243 g/mol. The highest BCUT2D eigenvalue weighted by molar-refractivity contribution is 4.92. The topological polar surface area (TPSA) is 0 Å². The van der Waals surface area contributed by atoms with Crippen molar-refractivity contribution in [2.24, 2.45) is 0 Å². The number of halogens is 8. The molecule has 15 heavy (non-hydrogen) atoms. The molecule has 0 spiro atoms. The van der Waals surface area contributed by atoms with Crippen molar-refractivity contribution in [1.29, 1.82) is 0 Å².